The van der Waals surface area contributed by atoms with Crippen LogP contribution in [0.25, 0.3) is 23.0 Å². The number of hydrogen-bond acceptors (Lipinski definition) is 6. The summed E-state index contributed by atoms with van der Waals surface area (Å²) in [7, 11) is 0. The number of thiocarbonyl (C=S) groups is 1. The molecule has 0 spiro atoms. The number of carboxylic acid groups (broad SMARTS) is 1. The summed E-state index contributed by atoms with van der Waals surface area (Å²) in [5, 5.41) is 13.7. The third-order valence-electron chi connectivity index (χ3n) is 7.67. The first kappa shape index (κ1) is 33.5. The van der Waals surface area contributed by atoms with Crippen LogP contribution in [-0.2, 0) is 9.59 Å². The van der Waals surface area contributed by atoms with Gasteiger partial charge in [0.25, 0.3) is 5.91 Å². The highest BCUT2D eigenvalue weighted by Crippen LogP contribution is 2.36. The SMILES string of the molecule is CCCCOc1ccc(-c2nn(-c3ccccc3)cc2/C=C2\SC(=S)N(CCCCCCCCCCC(=O)O)C2=O)c(C)c1. The Labute approximate surface area is 270 Å². The molecular weight excluding hydrogens is 591 g/mol. The number of hydrogen-bond donors (Lipinski definition) is 1. The highest BCUT2D eigenvalue weighted by atomic mass is 32.2. The van der Waals surface area contributed by atoms with E-state index in [1.807, 2.05) is 59.4 Å². The lowest BCUT2D eigenvalue weighted by atomic mass is 10.0. The molecule has 0 radical (unpaired) electrons. The van der Waals surface area contributed by atoms with Gasteiger partial charge in [0.05, 0.1) is 17.2 Å². The van der Waals surface area contributed by atoms with Crippen molar-refractivity contribution in [2.45, 2.75) is 84.5 Å². The minimum absolute atomic E-state index is 0.0479. The average Bonchev–Trinajstić information content (AvgIpc) is 3.54. The standard InChI is InChI=1S/C35H43N3O4S2/c1-3-4-22-42-29-19-20-30(26(2)23-29)33-27(25-38(36-33)28-16-12-11-13-17-28)24-31-34(41)37(35(43)44-31)21-15-10-8-6-5-7-9-14-18-32(39)40/h11-13,16-17,19-20,23-25H,3-10,14-15,18,21-22H2,1-2H3,(H,39,40)/b31-24-. The van der Waals surface area contributed by atoms with E-state index in [1.54, 1.807) is 4.90 Å². The van der Waals surface area contributed by atoms with Crippen LogP contribution in [0.2, 0.25) is 0 Å². The quantitative estimate of drug-likeness (QED) is 0.0851. The number of carbonyl (C=O) groups excluding carboxylic acids is 1. The Balaban J connectivity index is 1.42. The van der Waals surface area contributed by atoms with Crippen LogP contribution >= 0.6 is 24.0 Å². The van der Waals surface area contributed by atoms with Crippen molar-refractivity contribution < 1.29 is 19.4 Å². The maximum Gasteiger partial charge on any atom is 0.303 e. The van der Waals surface area contributed by atoms with E-state index in [1.165, 1.54) is 11.8 Å². The Kier molecular flexibility index (Phi) is 13.1. The minimum atomic E-state index is -0.716. The maximum atomic E-state index is 13.5. The van der Waals surface area contributed by atoms with Gasteiger partial charge < -0.3 is 9.84 Å². The van der Waals surface area contributed by atoms with Crippen molar-refractivity contribution in [1.29, 1.82) is 0 Å². The molecule has 1 saturated heterocycles. The second-order valence-corrected chi connectivity index (χ2v) is 12.9. The molecular formula is C35H43N3O4S2. The van der Waals surface area contributed by atoms with E-state index in [0.29, 0.717) is 22.4 Å². The van der Waals surface area contributed by atoms with Gasteiger partial charge in [0.2, 0.25) is 0 Å². The Bertz CT molecular complexity index is 1450. The second-order valence-electron chi connectivity index (χ2n) is 11.2. The van der Waals surface area contributed by atoms with Gasteiger partial charge in [-0.25, -0.2) is 4.68 Å². The first-order valence-corrected chi connectivity index (χ1v) is 17.0. The van der Waals surface area contributed by atoms with Crippen LogP contribution in [-0.4, -0.2) is 49.1 Å². The summed E-state index contributed by atoms with van der Waals surface area (Å²) < 4.78 is 8.38. The number of ether oxygens (including phenoxy) is 1. The molecule has 0 saturated carbocycles. The molecule has 1 N–H and O–H groups in total. The number of amides is 1. The van der Waals surface area contributed by atoms with E-state index in [0.717, 1.165) is 98.0 Å². The fourth-order valence-corrected chi connectivity index (χ4v) is 6.48. The van der Waals surface area contributed by atoms with Crippen molar-refractivity contribution in [1.82, 2.24) is 14.7 Å². The van der Waals surface area contributed by atoms with E-state index in [4.69, 9.17) is 27.2 Å². The second kappa shape index (κ2) is 17.2. The molecule has 7 nitrogen and oxygen atoms in total. The van der Waals surface area contributed by atoms with E-state index < -0.39 is 5.97 Å². The topological polar surface area (TPSA) is 84.7 Å². The van der Waals surface area contributed by atoms with Crippen LogP contribution in [0, 0.1) is 6.92 Å². The molecule has 9 heteroatoms. The fourth-order valence-electron chi connectivity index (χ4n) is 5.18. The molecule has 44 heavy (non-hydrogen) atoms. The maximum absolute atomic E-state index is 13.5. The van der Waals surface area contributed by atoms with Gasteiger partial charge in [-0.1, -0.05) is 94.0 Å². The van der Waals surface area contributed by atoms with Crippen molar-refractivity contribution in [3.8, 4) is 22.7 Å². The lowest BCUT2D eigenvalue weighted by Gasteiger charge is -2.14. The van der Waals surface area contributed by atoms with Crippen molar-refractivity contribution in [2.24, 2.45) is 0 Å². The number of rotatable bonds is 18. The van der Waals surface area contributed by atoms with Crippen molar-refractivity contribution >= 4 is 46.3 Å². The largest absolute Gasteiger partial charge is 0.494 e. The average molecular weight is 634 g/mol. The van der Waals surface area contributed by atoms with Gasteiger partial charge in [-0.2, -0.15) is 5.10 Å². The fraction of sp³-hybridized carbons (Fsp3) is 0.429. The first-order valence-electron chi connectivity index (χ1n) is 15.7. The number of carbonyl (C=O) groups is 2. The lowest BCUT2D eigenvalue weighted by Crippen LogP contribution is -2.29. The number of carboxylic acids is 1. The van der Waals surface area contributed by atoms with Crippen LogP contribution in [0.5, 0.6) is 5.75 Å². The molecule has 2 heterocycles. The summed E-state index contributed by atoms with van der Waals surface area (Å²) in [6.45, 7) is 5.53. The van der Waals surface area contributed by atoms with Crippen molar-refractivity contribution in [3.05, 3.63) is 70.8 Å². The van der Waals surface area contributed by atoms with Gasteiger partial charge in [-0.15, -0.1) is 0 Å². The number of nitrogens with zero attached hydrogens (tertiary/aromatic N) is 3. The molecule has 1 aromatic heterocycles. The molecule has 0 atom stereocenters. The molecule has 0 bridgehead atoms. The van der Waals surface area contributed by atoms with Gasteiger partial charge in [-0.05, 0) is 68.2 Å². The normalized spacial score (nSPS) is 14.1. The Hall–Kier alpha value is -3.43. The van der Waals surface area contributed by atoms with Crippen molar-refractivity contribution in [3.63, 3.8) is 0 Å². The third kappa shape index (κ3) is 9.53. The van der Waals surface area contributed by atoms with E-state index in [-0.39, 0.29) is 12.3 Å². The van der Waals surface area contributed by atoms with Gasteiger partial charge in [0.15, 0.2) is 0 Å². The minimum Gasteiger partial charge on any atom is -0.494 e. The zero-order valence-electron chi connectivity index (χ0n) is 25.8. The van der Waals surface area contributed by atoms with E-state index in [2.05, 4.69) is 19.9 Å². The zero-order valence-corrected chi connectivity index (χ0v) is 27.4. The molecule has 3 aromatic rings. The third-order valence-corrected chi connectivity index (χ3v) is 9.04. The number of thioether (sulfide) groups is 1. The van der Waals surface area contributed by atoms with Gasteiger partial charge in [0.1, 0.15) is 15.8 Å². The molecule has 1 amide bonds. The number of unbranched alkanes of at least 4 members (excludes halogenated alkanes) is 8. The molecule has 234 valence electrons. The number of para-hydroxylation sites is 1. The van der Waals surface area contributed by atoms with Crippen LogP contribution in [0.4, 0.5) is 0 Å². The summed E-state index contributed by atoms with van der Waals surface area (Å²) >= 11 is 6.98. The molecule has 0 aliphatic carbocycles. The summed E-state index contributed by atoms with van der Waals surface area (Å²) in [5.41, 5.74) is 4.66. The monoisotopic (exact) mass is 633 g/mol. The smallest absolute Gasteiger partial charge is 0.303 e. The van der Waals surface area contributed by atoms with Crippen LogP contribution in [0.15, 0.2) is 59.6 Å². The predicted molar refractivity (Wildman–Crippen MR) is 183 cm³/mol. The molecule has 1 fully saturated rings. The van der Waals surface area contributed by atoms with E-state index >= 15 is 0 Å². The predicted octanol–water partition coefficient (Wildman–Crippen LogP) is 8.82. The molecule has 1 aliphatic heterocycles. The summed E-state index contributed by atoms with van der Waals surface area (Å²) in [6.07, 6.45) is 14.4. The van der Waals surface area contributed by atoms with E-state index in [9.17, 15) is 9.59 Å². The lowest BCUT2D eigenvalue weighted by molar-refractivity contribution is -0.137. The molecule has 0 unspecified atom stereocenters. The number of aliphatic carboxylic acids is 1. The first-order chi connectivity index (χ1) is 21.4. The Morgan fingerprint density at radius 1 is 1.00 bits per heavy atom. The van der Waals surface area contributed by atoms with Gasteiger partial charge in [-0.3, -0.25) is 14.5 Å². The van der Waals surface area contributed by atoms with Crippen molar-refractivity contribution in [2.75, 3.05) is 13.2 Å². The molecule has 2 aromatic carbocycles. The number of benzene rings is 2. The molecule has 4 rings (SSSR count). The van der Waals surface area contributed by atoms with Crippen LogP contribution in [0.3, 0.4) is 0 Å². The Morgan fingerprint density at radius 2 is 1.70 bits per heavy atom. The highest BCUT2D eigenvalue weighted by Gasteiger charge is 2.32. The zero-order chi connectivity index (χ0) is 31.3. The van der Waals surface area contributed by atoms with Crippen LogP contribution in [0.1, 0.15) is 88.7 Å². The van der Waals surface area contributed by atoms with Gasteiger partial charge >= 0.3 is 5.97 Å². The van der Waals surface area contributed by atoms with Gasteiger partial charge in [0, 0.05) is 30.3 Å². The summed E-state index contributed by atoms with van der Waals surface area (Å²) in [6, 6.07) is 16.1. The van der Waals surface area contributed by atoms with Crippen LogP contribution < -0.4 is 4.74 Å². The summed E-state index contributed by atoms with van der Waals surface area (Å²) in [5.74, 6) is 0.0836. The molecule has 1 aliphatic rings. The number of aryl methyl sites for hydroxylation is 1. The summed E-state index contributed by atoms with van der Waals surface area (Å²) in [4.78, 5) is 26.4. The Morgan fingerprint density at radius 3 is 2.39 bits per heavy atom. The highest BCUT2D eigenvalue weighted by molar-refractivity contribution is 8.26. The number of aromatic nitrogens is 2.